The zero-order valence-electron chi connectivity index (χ0n) is 11.3. The molecule has 1 fully saturated rings. The van der Waals surface area contributed by atoms with Gasteiger partial charge in [-0.3, -0.25) is 4.79 Å². The third-order valence-corrected chi connectivity index (χ3v) is 3.65. The fourth-order valence-corrected chi connectivity index (χ4v) is 2.79. The molecule has 0 saturated carbocycles. The van der Waals surface area contributed by atoms with Crippen LogP contribution in [0.25, 0.3) is 0 Å². The molecule has 2 unspecified atom stereocenters. The summed E-state index contributed by atoms with van der Waals surface area (Å²) in [5.41, 5.74) is 7.16. The molecule has 0 bridgehead atoms. The summed E-state index contributed by atoms with van der Waals surface area (Å²) in [6.07, 6.45) is 3.36. The van der Waals surface area contributed by atoms with Gasteiger partial charge in [0.1, 0.15) is 5.82 Å². The lowest BCUT2D eigenvalue weighted by atomic mass is 9.96. The number of nitrogens with zero attached hydrogens (tertiary/aromatic N) is 2. The van der Waals surface area contributed by atoms with E-state index in [1.807, 2.05) is 17.9 Å². The molecule has 0 radical (unpaired) electrons. The first-order valence-corrected chi connectivity index (χ1v) is 6.56. The highest BCUT2D eigenvalue weighted by atomic mass is 16.2. The maximum atomic E-state index is 12.6. The Kier molecular flexibility index (Phi) is 3.55. The second-order valence-electron chi connectivity index (χ2n) is 5.26. The Labute approximate surface area is 108 Å². The van der Waals surface area contributed by atoms with E-state index in [0.29, 0.717) is 23.5 Å². The number of nitrogen functional groups attached to an aromatic ring is 1. The molecule has 0 spiro atoms. The minimum atomic E-state index is 0.0758. The summed E-state index contributed by atoms with van der Waals surface area (Å²) in [4.78, 5) is 18.7. The maximum Gasteiger partial charge on any atom is 0.254 e. The smallest absolute Gasteiger partial charge is 0.254 e. The Morgan fingerprint density at radius 1 is 1.33 bits per heavy atom. The van der Waals surface area contributed by atoms with Gasteiger partial charge in [0.2, 0.25) is 0 Å². The molecule has 0 aromatic carbocycles. The summed E-state index contributed by atoms with van der Waals surface area (Å²) in [5, 5.41) is 0. The number of carbonyl (C=O) groups is 1. The highest BCUT2D eigenvalue weighted by Crippen LogP contribution is 2.25. The fourth-order valence-electron chi connectivity index (χ4n) is 2.79. The Morgan fingerprint density at radius 3 is 2.50 bits per heavy atom. The number of hydrogen-bond acceptors (Lipinski definition) is 3. The van der Waals surface area contributed by atoms with Crippen molar-refractivity contribution in [1.29, 1.82) is 0 Å². The summed E-state index contributed by atoms with van der Waals surface area (Å²) < 4.78 is 0. The zero-order valence-corrected chi connectivity index (χ0v) is 11.3. The molecule has 2 heterocycles. The van der Waals surface area contributed by atoms with E-state index in [-0.39, 0.29) is 5.91 Å². The van der Waals surface area contributed by atoms with E-state index < -0.39 is 0 Å². The number of likely N-dealkylation sites (tertiary alicyclic amines) is 1. The van der Waals surface area contributed by atoms with Crippen molar-refractivity contribution in [3.63, 3.8) is 0 Å². The molecule has 4 heteroatoms. The summed E-state index contributed by atoms with van der Waals surface area (Å²) in [6.45, 7) is 6.09. The molecule has 98 valence electrons. The van der Waals surface area contributed by atoms with Crippen LogP contribution in [0.4, 0.5) is 5.82 Å². The second kappa shape index (κ2) is 4.96. The molecule has 1 amide bonds. The largest absolute Gasteiger partial charge is 0.384 e. The van der Waals surface area contributed by atoms with Gasteiger partial charge in [0.05, 0.1) is 0 Å². The molecule has 1 aromatic heterocycles. The van der Waals surface area contributed by atoms with Crippen LogP contribution in [0.5, 0.6) is 0 Å². The van der Waals surface area contributed by atoms with Crippen LogP contribution in [0.2, 0.25) is 0 Å². The normalized spacial score (nSPS) is 24.1. The van der Waals surface area contributed by atoms with Gasteiger partial charge in [-0.15, -0.1) is 0 Å². The van der Waals surface area contributed by atoms with Gasteiger partial charge < -0.3 is 10.6 Å². The zero-order chi connectivity index (χ0) is 13.3. The monoisotopic (exact) mass is 247 g/mol. The summed E-state index contributed by atoms with van der Waals surface area (Å²) in [7, 11) is 0. The van der Waals surface area contributed by atoms with E-state index >= 15 is 0 Å². The lowest BCUT2D eigenvalue weighted by Crippen LogP contribution is -2.47. The van der Waals surface area contributed by atoms with Crippen LogP contribution >= 0.6 is 0 Å². The molecule has 2 rings (SSSR count). The van der Waals surface area contributed by atoms with Crippen molar-refractivity contribution in [2.24, 2.45) is 0 Å². The quantitative estimate of drug-likeness (QED) is 0.828. The number of rotatable bonds is 1. The third kappa shape index (κ3) is 2.47. The van der Waals surface area contributed by atoms with Crippen LogP contribution in [-0.2, 0) is 0 Å². The van der Waals surface area contributed by atoms with Gasteiger partial charge in [-0.25, -0.2) is 4.98 Å². The van der Waals surface area contributed by atoms with Gasteiger partial charge in [-0.1, -0.05) is 0 Å². The number of carbonyl (C=O) groups excluding carboxylic acids is 1. The standard InChI is InChI=1S/C14H21N3O/c1-9-7-12(8-13(15)16-9)14(18)17-10(2)5-4-6-11(17)3/h7-8,10-11H,4-6H2,1-3H3,(H2,15,16). The Bertz CT molecular complexity index is 428. The number of aromatic nitrogens is 1. The van der Waals surface area contributed by atoms with Crippen LogP contribution in [0.1, 0.15) is 49.2 Å². The van der Waals surface area contributed by atoms with E-state index in [2.05, 4.69) is 18.8 Å². The minimum absolute atomic E-state index is 0.0758. The molecule has 1 aliphatic heterocycles. The van der Waals surface area contributed by atoms with Crippen LogP contribution in [0.15, 0.2) is 12.1 Å². The molecule has 2 N–H and O–H groups in total. The van der Waals surface area contributed by atoms with E-state index in [0.717, 1.165) is 18.5 Å². The number of amides is 1. The predicted molar refractivity (Wildman–Crippen MR) is 72.3 cm³/mol. The molecular formula is C14H21N3O. The average molecular weight is 247 g/mol. The number of piperidine rings is 1. The predicted octanol–water partition coefficient (Wildman–Crippen LogP) is 2.38. The Balaban J connectivity index is 2.29. The number of aryl methyl sites for hydroxylation is 1. The first-order chi connectivity index (χ1) is 8.49. The molecule has 1 aliphatic rings. The van der Waals surface area contributed by atoms with Crippen molar-refractivity contribution in [3.8, 4) is 0 Å². The maximum absolute atomic E-state index is 12.6. The molecule has 2 atom stereocenters. The highest BCUT2D eigenvalue weighted by molar-refractivity contribution is 5.95. The van der Waals surface area contributed by atoms with Gasteiger partial charge >= 0.3 is 0 Å². The van der Waals surface area contributed by atoms with Gasteiger partial charge in [0.25, 0.3) is 5.91 Å². The van der Waals surface area contributed by atoms with Crippen molar-refractivity contribution in [2.75, 3.05) is 5.73 Å². The van der Waals surface area contributed by atoms with E-state index in [1.165, 1.54) is 6.42 Å². The van der Waals surface area contributed by atoms with Crippen molar-refractivity contribution in [2.45, 2.75) is 52.1 Å². The fraction of sp³-hybridized carbons (Fsp3) is 0.571. The van der Waals surface area contributed by atoms with Crippen LogP contribution < -0.4 is 5.73 Å². The number of pyridine rings is 1. The second-order valence-corrected chi connectivity index (χ2v) is 5.26. The number of hydrogen-bond donors (Lipinski definition) is 1. The molecule has 18 heavy (non-hydrogen) atoms. The SMILES string of the molecule is Cc1cc(C(=O)N2C(C)CCCC2C)cc(N)n1. The molecular weight excluding hydrogens is 226 g/mol. The number of nitrogens with two attached hydrogens (primary N) is 1. The summed E-state index contributed by atoms with van der Waals surface area (Å²) in [6, 6.07) is 4.09. The first-order valence-electron chi connectivity index (χ1n) is 6.56. The van der Waals surface area contributed by atoms with Gasteiger partial charge in [-0.05, 0) is 52.2 Å². The Morgan fingerprint density at radius 2 is 1.94 bits per heavy atom. The molecule has 1 saturated heterocycles. The molecule has 1 aromatic rings. The lowest BCUT2D eigenvalue weighted by Gasteiger charge is -2.39. The van der Waals surface area contributed by atoms with Crippen LogP contribution in [-0.4, -0.2) is 27.9 Å². The summed E-state index contributed by atoms with van der Waals surface area (Å²) in [5.74, 6) is 0.488. The van der Waals surface area contributed by atoms with Crippen LogP contribution in [0.3, 0.4) is 0 Å². The van der Waals surface area contributed by atoms with E-state index in [1.54, 1.807) is 6.07 Å². The lowest BCUT2D eigenvalue weighted by molar-refractivity contribution is 0.0510. The van der Waals surface area contributed by atoms with E-state index in [9.17, 15) is 4.79 Å². The van der Waals surface area contributed by atoms with Gasteiger partial charge in [0.15, 0.2) is 0 Å². The summed E-state index contributed by atoms with van der Waals surface area (Å²) >= 11 is 0. The van der Waals surface area contributed by atoms with E-state index in [4.69, 9.17) is 5.73 Å². The van der Waals surface area contributed by atoms with Crippen molar-refractivity contribution >= 4 is 11.7 Å². The van der Waals surface area contributed by atoms with Crippen molar-refractivity contribution in [1.82, 2.24) is 9.88 Å². The van der Waals surface area contributed by atoms with Crippen molar-refractivity contribution < 1.29 is 4.79 Å². The molecule has 4 nitrogen and oxygen atoms in total. The average Bonchev–Trinajstić information content (AvgIpc) is 2.27. The van der Waals surface area contributed by atoms with Gasteiger partial charge in [0, 0.05) is 23.3 Å². The molecule has 0 aliphatic carbocycles. The van der Waals surface area contributed by atoms with Crippen LogP contribution in [0, 0.1) is 6.92 Å². The minimum Gasteiger partial charge on any atom is -0.384 e. The Hall–Kier alpha value is -1.58. The van der Waals surface area contributed by atoms with Gasteiger partial charge in [-0.2, -0.15) is 0 Å². The number of anilines is 1. The first kappa shape index (κ1) is 12.9. The highest BCUT2D eigenvalue weighted by Gasteiger charge is 2.29. The topological polar surface area (TPSA) is 59.2 Å². The van der Waals surface area contributed by atoms with Crippen molar-refractivity contribution in [3.05, 3.63) is 23.4 Å². The third-order valence-electron chi connectivity index (χ3n) is 3.65.